The van der Waals surface area contributed by atoms with E-state index < -0.39 is 0 Å². The van der Waals surface area contributed by atoms with Gasteiger partial charge in [0.15, 0.2) is 6.10 Å². The number of hydrogen-bond donors (Lipinski definition) is 0. The summed E-state index contributed by atoms with van der Waals surface area (Å²) in [5, 5.41) is 4.55. The molecule has 1 aliphatic rings. The SMILES string of the molecule is Clc1ccc(C2CC(Br)=NO2)cc1. The highest BCUT2D eigenvalue weighted by atomic mass is 79.9. The second kappa shape index (κ2) is 3.68. The van der Waals surface area contributed by atoms with E-state index >= 15 is 0 Å². The van der Waals surface area contributed by atoms with Gasteiger partial charge in [0, 0.05) is 11.4 Å². The average Bonchev–Trinajstić information content (AvgIpc) is 2.53. The molecule has 0 saturated carbocycles. The molecule has 0 radical (unpaired) electrons. The van der Waals surface area contributed by atoms with Crippen molar-refractivity contribution in [2.75, 3.05) is 0 Å². The van der Waals surface area contributed by atoms with E-state index in [0.29, 0.717) is 0 Å². The molecular formula is C9H7BrClNO. The maximum absolute atomic E-state index is 5.77. The van der Waals surface area contributed by atoms with E-state index in [1.54, 1.807) is 0 Å². The Morgan fingerprint density at radius 2 is 2.08 bits per heavy atom. The molecule has 1 aromatic carbocycles. The summed E-state index contributed by atoms with van der Waals surface area (Å²) in [6, 6.07) is 7.61. The molecule has 13 heavy (non-hydrogen) atoms. The minimum absolute atomic E-state index is 0.0339. The summed E-state index contributed by atoms with van der Waals surface area (Å²) in [5.41, 5.74) is 1.10. The Bertz CT molecular complexity index is 336. The van der Waals surface area contributed by atoms with Crippen molar-refractivity contribution in [1.29, 1.82) is 0 Å². The van der Waals surface area contributed by atoms with Crippen molar-refractivity contribution in [2.45, 2.75) is 12.5 Å². The quantitative estimate of drug-likeness (QED) is 0.757. The molecule has 1 heterocycles. The van der Waals surface area contributed by atoms with Gasteiger partial charge in [-0.1, -0.05) is 28.9 Å². The summed E-state index contributed by atoms with van der Waals surface area (Å²) in [7, 11) is 0. The second-order valence-corrected chi connectivity index (χ2v) is 4.17. The summed E-state index contributed by atoms with van der Waals surface area (Å²) in [6.45, 7) is 0. The maximum atomic E-state index is 5.77. The lowest BCUT2D eigenvalue weighted by atomic mass is 10.1. The van der Waals surface area contributed by atoms with E-state index in [0.717, 1.165) is 21.6 Å². The molecule has 4 heteroatoms. The van der Waals surface area contributed by atoms with Crippen molar-refractivity contribution in [3.63, 3.8) is 0 Å². The number of hydrogen-bond acceptors (Lipinski definition) is 2. The van der Waals surface area contributed by atoms with Gasteiger partial charge in [0.2, 0.25) is 0 Å². The lowest BCUT2D eigenvalue weighted by molar-refractivity contribution is 0.0858. The molecule has 1 aliphatic heterocycles. The molecule has 68 valence electrons. The van der Waals surface area contributed by atoms with Crippen LogP contribution in [0.2, 0.25) is 5.02 Å². The largest absolute Gasteiger partial charge is 0.386 e. The molecule has 2 nitrogen and oxygen atoms in total. The third-order valence-electron chi connectivity index (χ3n) is 1.87. The van der Waals surface area contributed by atoms with Crippen molar-refractivity contribution in [3.05, 3.63) is 34.9 Å². The fraction of sp³-hybridized carbons (Fsp3) is 0.222. The highest BCUT2D eigenvalue weighted by Crippen LogP contribution is 2.29. The maximum Gasteiger partial charge on any atom is 0.158 e. The number of nitrogens with zero attached hydrogens (tertiary/aromatic N) is 1. The van der Waals surface area contributed by atoms with E-state index in [2.05, 4.69) is 21.1 Å². The standard InChI is InChI=1S/C9H7BrClNO/c10-9-5-8(13-12-9)6-1-3-7(11)4-2-6/h1-4,8H,5H2. The predicted molar refractivity (Wildman–Crippen MR) is 56.3 cm³/mol. The third-order valence-corrected chi connectivity index (χ3v) is 2.60. The first-order chi connectivity index (χ1) is 6.25. The summed E-state index contributed by atoms with van der Waals surface area (Å²) in [6.07, 6.45) is 0.827. The zero-order valence-corrected chi connectivity index (χ0v) is 9.05. The summed E-state index contributed by atoms with van der Waals surface area (Å²) >= 11 is 9.06. The molecule has 0 saturated heterocycles. The molecule has 1 atom stereocenters. The molecule has 1 aromatic rings. The zero-order valence-electron chi connectivity index (χ0n) is 6.71. The first-order valence-corrected chi connectivity index (χ1v) is 5.06. The Kier molecular flexibility index (Phi) is 2.56. The summed E-state index contributed by atoms with van der Waals surface area (Å²) < 4.78 is 0.854. The van der Waals surface area contributed by atoms with Crippen LogP contribution < -0.4 is 0 Å². The van der Waals surface area contributed by atoms with Crippen LogP contribution in [0.3, 0.4) is 0 Å². The van der Waals surface area contributed by atoms with Crippen molar-refractivity contribution >= 4 is 32.2 Å². The number of benzene rings is 1. The van der Waals surface area contributed by atoms with Gasteiger partial charge in [0.1, 0.15) is 4.62 Å². The van der Waals surface area contributed by atoms with Gasteiger partial charge in [-0.15, -0.1) is 0 Å². The van der Waals surface area contributed by atoms with Crippen LogP contribution in [0.4, 0.5) is 0 Å². The second-order valence-electron chi connectivity index (χ2n) is 2.82. The first kappa shape index (κ1) is 9.03. The van der Waals surface area contributed by atoms with Crippen LogP contribution in [-0.2, 0) is 4.84 Å². The average molecular weight is 261 g/mol. The van der Waals surface area contributed by atoms with Gasteiger partial charge in [0.25, 0.3) is 0 Å². The lowest BCUT2D eigenvalue weighted by Gasteiger charge is -2.07. The highest BCUT2D eigenvalue weighted by Gasteiger charge is 2.20. The Labute approximate surface area is 89.7 Å². The summed E-state index contributed by atoms with van der Waals surface area (Å²) in [5.74, 6) is 0. The molecule has 0 fully saturated rings. The van der Waals surface area contributed by atoms with Crippen LogP contribution in [0.5, 0.6) is 0 Å². The van der Waals surface area contributed by atoms with Gasteiger partial charge < -0.3 is 4.84 Å². The molecular weight excluding hydrogens is 253 g/mol. The van der Waals surface area contributed by atoms with Crippen LogP contribution in [0, 0.1) is 0 Å². The first-order valence-electron chi connectivity index (χ1n) is 3.89. The van der Waals surface area contributed by atoms with Crippen LogP contribution in [0.1, 0.15) is 18.1 Å². The topological polar surface area (TPSA) is 21.6 Å². The van der Waals surface area contributed by atoms with Crippen LogP contribution in [0.25, 0.3) is 0 Å². The monoisotopic (exact) mass is 259 g/mol. The van der Waals surface area contributed by atoms with Gasteiger partial charge in [-0.25, -0.2) is 0 Å². The van der Waals surface area contributed by atoms with E-state index in [-0.39, 0.29) is 6.10 Å². The molecule has 0 spiro atoms. The zero-order chi connectivity index (χ0) is 9.26. The Morgan fingerprint density at radius 1 is 1.38 bits per heavy atom. The molecule has 2 rings (SSSR count). The van der Waals surface area contributed by atoms with Crippen molar-refractivity contribution < 1.29 is 4.84 Å². The van der Waals surface area contributed by atoms with Gasteiger partial charge in [-0.3, -0.25) is 0 Å². The van der Waals surface area contributed by atoms with Crippen molar-refractivity contribution in [2.24, 2.45) is 5.16 Å². The van der Waals surface area contributed by atoms with E-state index in [4.69, 9.17) is 16.4 Å². The van der Waals surface area contributed by atoms with Gasteiger partial charge in [-0.2, -0.15) is 0 Å². The number of halogens is 2. The fourth-order valence-electron chi connectivity index (χ4n) is 1.20. The van der Waals surface area contributed by atoms with Gasteiger partial charge in [0.05, 0.1) is 0 Å². The molecule has 0 N–H and O–H groups in total. The normalized spacial score (nSPS) is 21.1. The molecule has 0 bridgehead atoms. The van der Waals surface area contributed by atoms with E-state index in [9.17, 15) is 0 Å². The smallest absolute Gasteiger partial charge is 0.158 e. The van der Waals surface area contributed by atoms with Crippen LogP contribution >= 0.6 is 27.5 Å². The highest BCUT2D eigenvalue weighted by molar-refractivity contribution is 9.18. The number of oxime groups is 1. The van der Waals surface area contributed by atoms with E-state index in [1.165, 1.54) is 0 Å². The number of rotatable bonds is 1. The van der Waals surface area contributed by atoms with E-state index in [1.807, 2.05) is 24.3 Å². The van der Waals surface area contributed by atoms with Gasteiger partial charge in [-0.05, 0) is 33.6 Å². The van der Waals surface area contributed by atoms with Crippen molar-refractivity contribution in [3.8, 4) is 0 Å². The van der Waals surface area contributed by atoms with Crippen LogP contribution in [0.15, 0.2) is 29.4 Å². The Morgan fingerprint density at radius 3 is 2.62 bits per heavy atom. The Balaban J connectivity index is 2.14. The fourth-order valence-corrected chi connectivity index (χ4v) is 1.71. The lowest BCUT2D eigenvalue weighted by Crippen LogP contribution is -1.95. The molecule has 0 aromatic heterocycles. The van der Waals surface area contributed by atoms with Crippen LogP contribution in [-0.4, -0.2) is 4.62 Å². The van der Waals surface area contributed by atoms with Crippen molar-refractivity contribution in [1.82, 2.24) is 0 Å². The summed E-state index contributed by atoms with van der Waals surface area (Å²) in [4.78, 5) is 5.19. The molecule has 1 unspecified atom stereocenters. The Hall–Kier alpha value is -0.540. The molecule has 0 aliphatic carbocycles. The van der Waals surface area contributed by atoms with Gasteiger partial charge >= 0.3 is 0 Å². The molecule has 0 amide bonds. The minimum Gasteiger partial charge on any atom is -0.386 e. The third kappa shape index (κ3) is 2.03. The minimum atomic E-state index is 0.0339. The predicted octanol–water partition coefficient (Wildman–Crippen LogP) is 3.51.